The second-order valence-electron chi connectivity index (χ2n) is 9.02. The van der Waals surface area contributed by atoms with E-state index in [-0.39, 0.29) is 42.7 Å². The van der Waals surface area contributed by atoms with E-state index in [4.69, 9.17) is 9.47 Å². The van der Waals surface area contributed by atoms with Gasteiger partial charge in [-0.05, 0) is 25.0 Å². The molecule has 0 aliphatic heterocycles. The van der Waals surface area contributed by atoms with Crippen molar-refractivity contribution in [1.29, 1.82) is 0 Å². The van der Waals surface area contributed by atoms with Crippen LogP contribution >= 0.6 is 0 Å². The smallest absolute Gasteiger partial charge is 0.251 e. The highest BCUT2D eigenvalue weighted by atomic mass is 19.1. The number of methoxy groups -OCH3 is 2. The summed E-state index contributed by atoms with van der Waals surface area (Å²) in [7, 11) is 3.15. The van der Waals surface area contributed by atoms with E-state index in [2.05, 4.69) is 16.0 Å². The Hall–Kier alpha value is -2.03. The van der Waals surface area contributed by atoms with Crippen LogP contribution in [0.5, 0.6) is 0 Å². The topological polar surface area (TPSA) is 88.7 Å². The predicted molar refractivity (Wildman–Crippen MR) is 117 cm³/mol. The summed E-state index contributed by atoms with van der Waals surface area (Å²) in [5.41, 5.74) is -0.504. The summed E-state index contributed by atoms with van der Waals surface area (Å²) in [6, 6.07) is 8.88. The van der Waals surface area contributed by atoms with Crippen molar-refractivity contribution in [3.63, 3.8) is 0 Å². The third-order valence-corrected chi connectivity index (χ3v) is 5.78. The van der Waals surface area contributed by atoms with Crippen LogP contribution in [-0.4, -0.2) is 64.2 Å². The zero-order valence-electron chi connectivity index (χ0n) is 19.0. The van der Waals surface area contributed by atoms with Crippen molar-refractivity contribution < 1.29 is 23.5 Å². The van der Waals surface area contributed by atoms with Crippen molar-refractivity contribution in [2.75, 3.05) is 40.5 Å². The van der Waals surface area contributed by atoms with Crippen molar-refractivity contribution in [3.8, 4) is 0 Å². The molecule has 8 heteroatoms. The summed E-state index contributed by atoms with van der Waals surface area (Å²) in [4.78, 5) is 24.4. The molecule has 3 atom stereocenters. The number of halogens is 1. The first-order valence-corrected chi connectivity index (χ1v) is 10.7. The van der Waals surface area contributed by atoms with E-state index in [1.807, 2.05) is 19.9 Å². The molecule has 0 unspecified atom stereocenters. The zero-order valence-corrected chi connectivity index (χ0v) is 19.0. The van der Waals surface area contributed by atoms with Gasteiger partial charge in [0, 0.05) is 50.6 Å². The zero-order chi connectivity index (χ0) is 22.9. The summed E-state index contributed by atoms with van der Waals surface area (Å²) in [6.45, 7) is 5.34. The molecule has 1 aromatic carbocycles. The second kappa shape index (κ2) is 11.5. The van der Waals surface area contributed by atoms with Gasteiger partial charge < -0.3 is 20.1 Å². The Morgan fingerprint density at radius 1 is 1.19 bits per heavy atom. The molecular weight excluding hydrogens is 401 g/mol. The number of carbonyl (C=O) groups excluding carboxylic acids is 2. The monoisotopic (exact) mass is 437 g/mol. The Morgan fingerprint density at radius 3 is 2.52 bits per heavy atom. The van der Waals surface area contributed by atoms with E-state index in [1.165, 1.54) is 7.11 Å². The fourth-order valence-corrected chi connectivity index (χ4v) is 3.83. The van der Waals surface area contributed by atoms with Gasteiger partial charge in [-0.3, -0.25) is 14.9 Å². The largest absolute Gasteiger partial charge is 0.384 e. The standard InChI is InChI=1S/C23H36FN3O4/c1-22(2,16-30-3)15-26-20(28)14-27-23(31-4)11-10-18(19(24)12-23)13-25-21(29)17-8-6-5-7-9-17/h5-9,18-19,27H,10-16H2,1-4H3,(H,25,29)(H,26,28)/t18-,19-,23-/m0/s1. The van der Waals surface area contributed by atoms with Crippen molar-refractivity contribution in [1.82, 2.24) is 16.0 Å². The lowest BCUT2D eigenvalue weighted by Crippen LogP contribution is -2.56. The second-order valence-corrected chi connectivity index (χ2v) is 9.02. The number of rotatable bonds is 11. The molecule has 0 spiro atoms. The Labute approximate surface area is 184 Å². The van der Waals surface area contributed by atoms with Crippen molar-refractivity contribution in [2.24, 2.45) is 11.3 Å². The number of alkyl halides is 1. The molecule has 174 valence electrons. The van der Waals surface area contributed by atoms with Gasteiger partial charge in [0.1, 0.15) is 11.9 Å². The van der Waals surface area contributed by atoms with Crippen LogP contribution in [0.25, 0.3) is 0 Å². The minimum Gasteiger partial charge on any atom is -0.384 e. The fraction of sp³-hybridized carbons (Fsp3) is 0.652. The van der Waals surface area contributed by atoms with Crippen molar-refractivity contribution >= 4 is 11.8 Å². The maximum Gasteiger partial charge on any atom is 0.251 e. The highest BCUT2D eigenvalue weighted by Crippen LogP contribution is 2.34. The lowest BCUT2D eigenvalue weighted by molar-refractivity contribution is -0.127. The van der Waals surface area contributed by atoms with E-state index in [0.29, 0.717) is 31.6 Å². The summed E-state index contributed by atoms with van der Waals surface area (Å²) < 4.78 is 25.7. The van der Waals surface area contributed by atoms with E-state index in [0.717, 1.165) is 0 Å². The molecule has 0 radical (unpaired) electrons. The van der Waals surface area contributed by atoms with Gasteiger partial charge in [0.05, 0.1) is 13.2 Å². The molecule has 1 fully saturated rings. The van der Waals surface area contributed by atoms with Gasteiger partial charge in [-0.25, -0.2) is 4.39 Å². The number of ether oxygens (including phenoxy) is 2. The predicted octanol–water partition coefficient (Wildman–Crippen LogP) is 2.28. The molecule has 1 saturated carbocycles. The quantitative estimate of drug-likeness (QED) is 0.462. The summed E-state index contributed by atoms with van der Waals surface area (Å²) in [5, 5.41) is 8.80. The molecule has 1 aliphatic rings. The van der Waals surface area contributed by atoms with Gasteiger partial charge in [-0.1, -0.05) is 32.0 Å². The average molecular weight is 438 g/mol. The molecule has 0 heterocycles. The molecule has 7 nitrogen and oxygen atoms in total. The molecule has 1 aliphatic carbocycles. The normalized spacial score (nSPS) is 23.9. The first kappa shape index (κ1) is 25.2. The van der Waals surface area contributed by atoms with Gasteiger partial charge in [-0.15, -0.1) is 0 Å². The van der Waals surface area contributed by atoms with Gasteiger partial charge in [0.15, 0.2) is 0 Å². The average Bonchev–Trinajstić information content (AvgIpc) is 2.76. The Morgan fingerprint density at radius 2 is 1.90 bits per heavy atom. The van der Waals surface area contributed by atoms with Gasteiger partial charge >= 0.3 is 0 Å². The first-order chi connectivity index (χ1) is 14.7. The van der Waals surface area contributed by atoms with E-state index >= 15 is 0 Å². The van der Waals surface area contributed by atoms with Crippen LogP contribution in [0.15, 0.2) is 30.3 Å². The molecular formula is C23H36FN3O4. The Balaban J connectivity index is 1.79. The number of hydrogen-bond acceptors (Lipinski definition) is 5. The number of hydrogen-bond donors (Lipinski definition) is 3. The molecule has 2 amide bonds. The van der Waals surface area contributed by atoms with Gasteiger partial charge in [-0.2, -0.15) is 0 Å². The molecule has 3 N–H and O–H groups in total. The van der Waals surface area contributed by atoms with Crippen LogP contribution in [0.4, 0.5) is 4.39 Å². The van der Waals surface area contributed by atoms with Gasteiger partial charge in [0.25, 0.3) is 5.91 Å². The van der Waals surface area contributed by atoms with Gasteiger partial charge in [0.2, 0.25) is 5.91 Å². The highest BCUT2D eigenvalue weighted by molar-refractivity contribution is 5.94. The van der Waals surface area contributed by atoms with Crippen molar-refractivity contribution in [2.45, 2.75) is 45.0 Å². The molecule has 31 heavy (non-hydrogen) atoms. The summed E-state index contributed by atoms with van der Waals surface area (Å²) >= 11 is 0. The maximum absolute atomic E-state index is 14.9. The third kappa shape index (κ3) is 7.87. The van der Waals surface area contributed by atoms with E-state index in [9.17, 15) is 14.0 Å². The SMILES string of the molecule is COCC(C)(C)CNC(=O)CN[C@]1(OC)CC[C@@H](CNC(=O)c2ccccc2)[C@@H](F)C1. The van der Waals surface area contributed by atoms with Crippen LogP contribution in [0, 0.1) is 11.3 Å². The van der Waals surface area contributed by atoms with Crippen molar-refractivity contribution in [3.05, 3.63) is 35.9 Å². The number of benzene rings is 1. The van der Waals surface area contributed by atoms with Crippen LogP contribution in [0.1, 0.15) is 43.5 Å². The number of nitrogens with one attached hydrogen (secondary N) is 3. The third-order valence-electron chi connectivity index (χ3n) is 5.78. The Kier molecular flexibility index (Phi) is 9.40. The van der Waals surface area contributed by atoms with Crippen LogP contribution in [0.2, 0.25) is 0 Å². The first-order valence-electron chi connectivity index (χ1n) is 10.7. The number of amides is 2. The lowest BCUT2D eigenvalue weighted by Gasteiger charge is -2.41. The fourth-order valence-electron chi connectivity index (χ4n) is 3.83. The van der Waals surface area contributed by atoms with Crippen LogP contribution in [-0.2, 0) is 14.3 Å². The summed E-state index contributed by atoms with van der Waals surface area (Å²) in [5.74, 6) is -0.669. The Bertz CT molecular complexity index is 716. The molecule has 0 aromatic heterocycles. The lowest BCUT2D eigenvalue weighted by atomic mass is 9.81. The molecule has 0 bridgehead atoms. The maximum atomic E-state index is 14.9. The molecule has 1 aromatic rings. The minimum absolute atomic E-state index is 0.0407. The summed E-state index contributed by atoms with van der Waals surface area (Å²) in [6.07, 6.45) is 0.0660. The number of carbonyl (C=O) groups is 2. The molecule has 2 rings (SSSR count). The highest BCUT2D eigenvalue weighted by Gasteiger charge is 2.41. The van der Waals surface area contributed by atoms with E-state index in [1.54, 1.807) is 31.4 Å². The minimum atomic E-state index is -1.15. The van der Waals surface area contributed by atoms with Crippen LogP contribution in [0.3, 0.4) is 0 Å². The van der Waals surface area contributed by atoms with E-state index < -0.39 is 11.9 Å². The molecule has 0 saturated heterocycles. The van der Waals surface area contributed by atoms with Crippen LogP contribution < -0.4 is 16.0 Å².